The maximum absolute atomic E-state index is 12.1. The van der Waals surface area contributed by atoms with Gasteiger partial charge in [0, 0.05) is 11.8 Å². The van der Waals surface area contributed by atoms with Crippen LogP contribution in [0.15, 0.2) is 126 Å². The second-order valence-electron chi connectivity index (χ2n) is 7.56. The van der Waals surface area contributed by atoms with Gasteiger partial charge in [0.05, 0.1) is 5.75 Å². The van der Waals surface area contributed by atoms with E-state index in [-0.39, 0.29) is 5.97 Å². The lowest BCUT2D eigenvalue weighted by molar-refractivity contribution is -0.158. The predicted octanol–water partition coefficient (Wildman–Crippen LogP) is 4.35. The van der Waals surface area contributed by atoms with E-state index in [0.717, 1.165) is 20.5 Å². The van der Waals surface area contributed by atoms with E-state index in [1.807, 2.05) is 84.9 Å². The average Bonchev–Trinajstić information content (AvgIpc) is 2.87. The van der Waals surface area contributed by atoms with Crippen molar-refractivity contribution in [1.82, 2.24) is 0 Å². The van der Waals surface area contributed by atoms with Crippen molar-refractivity contribution in [3.8, 4) is 0 Å². The molecular weight excluding hydrogens is 444 g/mol. The highest BCUT2D eigenvalue weighted by molar-refractivity contribution is 7.99. The van der Waals surface area contributed by atoms with Gasteiger partial charge in [0.1, 0.15) is 0 Å². The number of rotatable bonds is 9. The fraction of sp³-hybridized carbons (Fsp3) is 0.107. The van der Waals surface area contributed by atoms with Crippen molar-refractivity contribution in [1.29, 1.82) is 0 Å². The number of carbonyl (C=O) groups is 1. The fourth-order valence-corrected chi connectivity index (χ4v) is 8.73. The highest BCUT2D eigenvalue weighted by atomic mass is 32.2. The summed E-state index contributed by atoms with van der Waals surface area (Å²) in [5.74, 6) is 0.135. The molecule has 0 aliphatic carbocycles. The molecule has 166 valence electrons. The summed E-state index contributed by atoms with van der Waals surface area (Å²) in [4.78, 5) is 13.2. The van der Waals surface area contributed by atoms with Crippen LogP contribution >= 0.6 is 11.8 Å². The van der Waals surface area contributed by atoms with E-state index in [1.54, 1.807) is 11.8 Å². The van der Waals surface area contributed by atoms with Crippen molar-refractivity contribution >= 4 is 41.6 Å². The zero-order chi connectivity index (χ0) is 22.9. The molecule has 0 N–H and O–H groups in total. The molecule has 4 aromatic rings. The van der Waals surface area contributed by atoms with Crippen molar-refractivity contribution < 1.29 is 14.0 Å². The van der Waals surface area contributed by atoms with Crippen LogP contribution in [0.5, 0.6) is 0 Å². The number of ether oxygens (including phenoxy) is 1. The highest BCUT2D eigenvalue weighted by Crippen LogP contribution is 2.22. The van der Waals surface area contributed by atoms with Crippen molar-refractivity contribution in [2.75, 3.05) is 5.75 Å². The van der Waals surface area contributed by atoms with E-state index in [4.69, 9.17) is 9.16 Å². The normalized spacial score (nSPS) is 12.2. The first-order valence-corrected chi connectivity index (χ1v) is 13.8. The van der Waals surface area contributed by atoms with Crippen molar-refractivity contribution in [2.45, 2.75) is 18.1 Å². The first-order chi connectivity index (χ1) is 16.2. The largest absolute Gasteiger partial charge is 0.436 e. The lowest BCUT2D eigenvalue weighted by atomic mass is 10.3. The minimum absolute atomic E-state index is 0.356. The second kappa shape index (κ2) is 11.1. The second-order valence-corrected chi connectivity index (χ2v) is 12.0. The Morgan fingerprint density at radius 1 is 0.697 bits per heavy atom. The van der Waals surface area contributed by atoms with Gasteiger partial charge < -0.3 is 9.16 Å². The molecule has 0 heterocycles. The molecule has 33 heavy (non-hydrogen) atoms. The maximum Gasteiger partial charge on any atom is 0.304 e. The molecular formula is C28H26O3SSi. The van der Waals surface area contributed by atoms with Gasteiger partial charge >= 0.3 is 5.97 Å². The Balaban J connectivity index is 1.81. The molecule has 0 aromatic heterocycles. The third kappa shape index (κ3) is 5.63. The molecule has 0 radical (unpaired) electrons. The number of esters is 1. The number of hydrogen-bond donors (Lipinski definition) is 0. The molecule has 0 aliphatic heterocycles. The molecule has 4 aromatic carbocycles. The van der Waals surface area contributed by atoms with Crippen LogP contribution in [0.25, 0.3) is 0 Å². The SMILES string of the molecule is CC(=O)OC(CSc1ccccc1)O[Si](c1ccccc1)(c1ccccc1)c1ccccc1. The number of hydrogen-bond acceptors (Lipinski definition) is 4. The quantitative estimate of drug-likeness (QED) is 0.120. The molecule has 0 fully saturated rings. The standard InChI is InChI=1S/C28H26O3SSi/c1-23(29)30-28(22-32-24-14-6-2-7-15-24)31-33(25-16-8-3-9-17-25,26-18-10-4-11-19-26)27-20-12-5-13-21-27/h2-21,28H,22H2,1H3. The summed E-state index contributed by atoms with van der Waals surface area (Å²) in [5.41, 5.74) is 0. The van der Waals surface area contributed by atoms with E-state index in [9.17, 15) is 4.79 Å². The van der Waals surface area contributed by atoms with Crippen LogP contribution in [0.1, 0.15) is 6.92 Å². The number of thioether (sulfide) groups is 1. The third-order valence-corrected chi connectivity index (χ3v) is 10.4. The van der Waals surface area contributed by atoms with Gasteiger partial charge in [-0.15, -0.1) is 11.8 Å². The summed E-state index contributed by atoms with van der Waals surface area (Å²) < 4.78 is 12.7. The van der Waals surface area contributed by atoms with Crippen LogP contribution in [0, 0.1) is 0 Å². The van der Waals surface area contributed by atoms with Crippen LogP contribution in [-0.4, -0.2) is 26.3 Å². The van der Waals surface area contributed by atoms with E-state index in [1.165, 1.54) is 6.92 Å². The fourth-order valence-electron chi connectivity index (χ4n) is 3.88. The van der Waals surface area contributed by atoms with Gasteiger partial charge in [-0.1, -0.05) is 109 Å². The number of carbonyl (C=O) groups excluding carboxylic acids is 1. The minimum Gasteiger partial charge on any atom is -0.436 e. The first kappa shape index (κ1) is 23.0. The highest BCUT2D eigenvalue weighted by Gasteiger charge is 2.44. The molecule has 4 rings (SSSR count). The molecule has 0 saturated carbocycles. The third-order valence-electron chi connectivity index (χ3n) is 5.28. The topological polar surface area (TPSA) is 35.5 Å². The van der Waals surface area contributed by atoms with Crippen LogP contribution < -0.4 is 15.6 Å². The van der Waals surface area contributed by atoms with Gasteiger partial charge in [-0.2, -0.15) is 0 Å². The van der Waals surface area contributed by atoms with Gasteiger partial charge in [0.25, 0.3) is 8.32 Å². The Morgan fingerprint density at radius 2 is 1.09 bits per heavy atom. The van der Waals surface area contributed by atoms with Crippen LogP contribution in [0.2, 0.25) is 0 Å². The monoisotopic (exact) mass is 470 g/mol. The van der Waals surface area contributed by atoms with Crippen molar-refractivity contribution in [3.05, 3.63) is 121 Å². The summed E-state index contributed by atoms with van der Waals surface area (Å²) in [6.45, 7) is 1.43. The maximum atomic E-state index is 12.1. The molecule has 0 bridgehead atoms. The predicted molar refractivity (Wildman–Crippen MR) is 138 cm³/mol. The van der Waals surface area contributed by atoms with Crippen LogP contribution in [0.4, 0.5) is 0 Å². The molecule has 5 heteroatoms. The summed E-state index contributed by atoms with van der Waals surface area (Å²) in [5, 5.41) is 3.30. The summed E-state index contributed by atoms with van der Waals surface area (Å²) in [6.07, 6.45) is -0.708. The summed E-state index contributed by atoms with van der Waals surface area (Å²) >= 11 is 1.62. The van der Waals surface area contributed by atoms with Gasteiger partial charge in [-0.25, -0.2) is 0 Å². The Hall–Kier alpha value is -3.12. The summed E-state index contributed by atoms with van der Waals surface area (Å²) in [7, 11) is -2.98. The van der Waals surface area contributed by atoms with E-state index >= 15 is 0 Å². The summed E-state index contributed by atoms with van der Waals surface area (Å²) in [6, 6.07) is 41.0. The Labute approximate surface area is 200 Å². The van der Waals surface area contributed by atoms with E-state index in [0.29, 0.717) is 5.75 Å². The smallest absolute Gasteiger partial charge is 0.304 e. The average molecular weight is 471 g/mol. The minimum atomic E-state index is -2.98. The first-order valence-electron chi connectivity index (χ1n) is 10.9. The zero-order valence-corrected chi connectivity index (χ0v) is 20.3. The van der Waals surface area contributed by atoms with Gasteiger partial charge in [0.2, 0.25) is 6.29 Å². The molecule has 0 spiro atoms. The van der Waals surface area contributed by atoms with Gasteiger partial charge in [0.15, 0.2) is 0 Å². The molecule has 1 atom stereocenters. The molecule has 0 amide bonds. The molecule has 0 saturated heterocycles. The molecule has 0 aliphatic rings. The molecule has 3 nitrogen and oxygen atoms in total. The number of benzene rings is 4. The lowest BCUT2D eigenvalue weighted by Gasteiger charge is -2.36. The lowest BCUT2D eigenvalue weighted by Crippen LogP contribution is -2.70. The van der Waals surface area contributed by atoms with E-state index < -0.39 is 14.6 Å². The van der Waals surface area contributed by atoms with E-state index in [2.05, 4.69) is 36.4 Å². The van der Waals surface area contributed by atoms with Crippen molar-refractivity contribution in [2.24, 2.45) is 0 Å². The zero-order valence-electron chi connectivity index (χ0n) is 18.5. The Bertz CT molecular complexity index is 1040. The van der Waals surface area contributed by atoms with Gasteiger partial charge in [-0.3, -0.25) is 4.79 Å². The molecule has 1 unspecified atom stereocenters. The Kier molecular flexibility index (Phi) is 7.78. The van der Waals surface area contributed by atoms with Crippen molar-refractivity contribution in [3.63, 3.8) is 0 Å². The van der Waals surface area contributed by atoms with Crippen LogP contribution in [0.3, 0.4) is 0 Å². The van der Waals surface area contributed by atoms with Crippen LogP contribution in [-0.2, 0) is 14.0 Å². The Morgan fingerprint density at radius 3 is 1.48 bits per heavy atom. The van der Waals surface area contributed by atoms with Gasteiger partial charge in [-0.05, 0) is 27.7 Å².